The Hall–Kier alpha value is -1.79. The second-order valence-electron chi connectivity index (χ2n) is 6.06. The first-order valence-corrected chi connectivity index (χ1v) is 7.79. The third-order valence-electron chi connectivity index (χ3n) is 3.79. The minimum Gasteiger partial charge on any atom is -0.481 e. The highest BCUT2D eigenvalue weighted by atomic mass is 16.5. The number of alkyl carbamates (subject to hydrolysis) is 1. The fraction of sp³-hybridized carbons (Fsp3) is 0.800. The summed E-state index contributed by atoms with van der Waals surface area (Å²) in [6, 6.07) is 0.0809. The van der Waals surface area contributed by atoms with Crippen LogP contribution in [0.5, 0.6) is 0 Å². The summed E-state index contributed by atoms with van der Waals surface area (Å²) in [5.41, 5.74) is -1.50. The lowest BCUT2D eigenvalue weighted by molar-refractivity contribution is -0.144. The molecule has 0 saturated heterocycles. The molecule has 1 aliphatic carbocycles. The van der Waals surface area contributed by atoms with E-state index in [1.807, 2.05) is 6.92 Å². The molecule has 2 amide bonds. The zero-order valence-electron chi connectivity index (χ0n) is 13.5. The first-order valence-electron chi connectivity index (χ1n) is 7.79. The molecule has 22 heavy (non-hydrogen) atoms. The van der Waals surface area contributed by atoms with E-state index in [2.05, 4.69) is 10.6 Å². The lowest BCUT2D eigenvalue weighted by atomic mass is 9.82. The van der Waals surface area contributed by atoms with Gasteiger partial charge < -0.3 is 20.5 Å². The van der Waals surface area contributed by atoms with E-state index in [0.29, 0.717) is 0 Å². The van der Waals surface area contributed by atoms with Crippen LogP contribution in [0.2, 0.25) is 0 Å². The Morgan fingerprint density at radius 3 is 2.41 bits per heavy atom. The average molecular weight is 314 g/mol. The van der Waals surface area contributed by atoms with Gasteiger partial charge in [0, 0.05) is 6.04 Å². The molecule has 0 spiro atoms. The Balaban J connectivity index is 2.83. The number of nitrogens with one attached hydrogen (secondary N) is 2. The van der Waals surface area contributed by atoms with Crippen LogP contribution in [0.3, 0.4) is 0 Å². The highest BCUT2D eigenvalue weighted by Gasteiger charge is 2.46. The SMILES string of the molecule is CCCCOC(=O)NC(CC(=O)O)(C(=O)NC1CC1)C(C)C. The first kappa shape index (κ1) is 18.3. The molecule has 1 atom stereocenters. The minimum atomic E-state index is -1.50. The van der Waals surface area contributed by atoms with Gasteiger partial charge >= 0.3 is 12.1 Å². The van der Waals surface area contributed by atoms with Gasteiger partial charge in [-0.25, -0.2) is 4.79 Å². The predicted molar refractivity (Wildman–Crippen MR) is 80.4 cm³/mol. The minimum absolute atomic E-state index is 0.0809. The summed E-state index contributed by atoms with van der Waals surface area (Å²) in [4.78, 5) is 35.6. The molecular weight excluding hydrogens is 288 g/mol. The maximum absolute atomic E-state index is 12.5. The molecule has 1 saturated carbocycles. The van der Waals surface area contributed by atoms with Crippen LogP contribution in [0, 0.1) is 5.92 Å². The number of ether oxygens (including phenoxy) is 1. The summed E-state index contributed by atoms with van der Waals surface area (Å²) < 4.78 is 5.02. The number of rotatable bonds is 9. The van der Waals surface area contributed by atoms with Crippen molar-refractivity contribution in [3.05, 3.63) is 0 Å². The molecular formula is C15H26N2O5. The molecule has 0 aromatic carbocycles. The van der Waals surface area contributed by atoms with E-state index in [1.54, 1.807) is 13.8 Å². The Morgan fingerprint density at radius 2 is 1.95 bits per heavy atom. The molecule has 126 valence electrons. The van der Waals surface area contributed by atoms with Gasteiger partial charge in [-0.2, -0.15) is 0 Å². The molecule has 0 bridgehead atoms. The number of carbonyl (C=O) groups excluding carboxylic acids is 2. The van der Waals surface area contributed by atoms with Crippen molar-refractivity contribution in [2.24, 2.45) is 5.92 Å². The van der Waals surface area contributed by atoms with Crippen LogP contribution in [-0.4, -0.2) is 41.3 Å². The number of amides is 2. The fourth-order valence-electron chi connectivity index (χ4n) is 2.10. The summed E-state index contributed by atoms with van der Waals surface area (Å²) in [5, 5.41) is 14.4. The second kappa shape index (κ2) is 8.00. The molecule has 1 unspecified atom stereocenters. The van der Waals surface area contributed by atoms with Crippen molar-refractivity contribution in [3.8, 4) is 0 Å². The number of aliphatic carboxylic acids is 1. The van der Waals surface area contributed by atoms with Gasteiger partial charge in [0.05, 0.1) is 13.0 Å². The summed E-state index contributed by atoms with van der Waals surface area (Å²) >= 11 is 0. The zero-order chi connectivity index (χ0) is 16.8. The standard InChI is InChI=1S/C15H26N2O5/c1-4-5-8-22-14(21)17-15(10(2)3,9-12(18)19)13(20)16-11-6-7-11/h10-11H,4-9H2,1-3H3,(H,16,20)(H,17,21)(H,18,19). The molecule has 0 aromatic heterocycles. The molecule has 0 aromatic rings. The van der Waals surface area contributed by atoms with Gasteiger partial charge in [0.1, 0.15) is 5.54 Å². The molecule has 3 N–H and O–H groups in total. The summed E-state index contributed by atoms with van der Waals surface area (Å²) in [6.07, 6.45) is 2.12. The maximum atomic E-state index is 12.5. The van der Waals surface area contributed by atoms with Gasteiger partial charge in [0.25, 0.3) is 0 Å². The quantitative estimate of drug-likeness (QED) is 0.561. The Morgan fingerprint density at radius 1 is 1.32 bits per heavy atom. The second-order valence-corrected chi connectivity index (χ2v) is 6.06. The van der Waals surface area contributed by atoms with Gasteiger partial charge in [0.2, 0.25) is 5.91 Å². The molecule has 7 nitrogen and oxygen atoms in total. The van der Waals surface area contributed by atoms with Gasteiger partial charge in [-0.1, -0.05) is 27.2 Å². The molecule has 1 aliphatic rings. The van der Waals surface area contributed by atoms with Gasteiger partial charge in [0.15, 0.2) is 0 Å². The lowest BCUT2D eigenvalue weighted by Crippen LogP contribution is -2.63. The number of carbonyl (C=O) groups is 3. The first-order chi connectivity index (χ1) is 10.3. The number of hydrogen-bond donors (Lipinski definition) is 3. The van der Waals surface area contributed by atoms with E-state index in [0.717, 1.165) is 25.7 Å². The lowest BCUT2D eigenvalue weighted by Gasteiger charge is -2.35. The number of carboxylic acids is 1. The van der Waals surface area contributed by atoms with Crippen molar-refractivity contribution < 1.29 is 24.2 Å². The van der Waals surface area contributed by atoms with E-state index >= 15 is 0 Å². The highest BCUT2D eigenvalue weighted by Crippen LogP contribution is 2.26. The smallest absolute Gasteiger partial charge is 0.408 e. The van der Waals surface area contributed by atoms with Crippen LogP contribution in [-0.2, 0) is 14.3 Å². The van der Waals surface area contributed by atoms with Gasteiger partial charge in [-0.05, 0) is 25.2 Å². The van der Waals surface area contributed by atoms with E-state index < -0.39 is 29.9 Å². The summed E-state index contributed by atoms with van der Waals surface area (Å²) in [6.45, 7) is 5.63. The van der Waals surface area contributed by atoms with E-state index in [1.165, 1.54) is 0 Å². The molecule has 0 radical (unpaired) electrons. The van der Waals surface area contributed by atoms with Crippen molar-refractivity contribution in [1.82, 2.24) is 10.6 Å². The van der Waals surface area contributed by atoms with Crippen LogP contribution >= 0.6 is 0 Å². The molecule has 1 rings (SSSR count). The Labute approximate surface area is 130 Å². The van der Waals surface area contributed by atoms with Crippen molar-refractivity contribution in [3.63, 3.8) is 0 Å². The van der Waals surface area contributed by atoms with E-state index in [9.17, 15) is 14.4 Å². The largest absolute Gasteiger partial charge is 0.481 e. The summed E-state index contributed by atoms with van der Waals surface area (Å²) in [5.74, 6) is -1.99. The van der Waals surface area contributed by atoms with Crippen LogP contribution < -0.4 is 10.6 Å². The highest BCUT2D eigenvalue weighted by molar-refractivity contribution is 5.94. The summed E-state index contributed by atoms with van der Waals surface area (Å²) in [7, 11) is 0. The van der Waals surface area contributed by atoms with Crippen molar-refractivity contribution in [2.45, 2.75) is 64.5 Å². The van der Waals surface area contributed by atoms with Gasteiger partial charge in [-0.3, -0.25) is 9.59 Å². The Bertz CT molecular complexity index is 420. The van der Waals surface area contributed by atoms with Crippen LogP contribution in [0.15, 0.2) is 0 Å². The Kier molecular flexibility index (Phi) is 6.64. The molecule has 0 heterocycles. The average Bonchev–Trinajstić information content (AvgIpc) is 3.21. The third kappa shape index (κ3) is 5.20. The van der Waals surface area contributed by atoms with Crippen LogP contribution in [0.25, 0.3) is 0 Å². The van der Waals surface area contributed by atoms with Crippen LogP contribution in [0.4, 0.5) is 4.79 Å². The number of hydrogen-bond acceptors (Lipinski definition) is 4. The van der Waals surface area contributed by atoms with Gasteiger partial charge in [-0.15, -0.1) is 0 Å². The normalized spacial score (nSPS) is 16.7. The van der Waals surface area contributed by atoms with Crippen molar-refractivity contribution in [2.75, 3.05) is 6.61 Å². The molecule has 1 fully saturated rings. The maximum Gasteiger partial charge on any atom is 0.408 e. The predicted octanol–water partition coefficient (Wildman–Crippen LogP) is 1.66. The monoisotopic (exact) mass is 314 g/mol. The van der Waals surface area contributed by atoms with Crippen LogP contribution in [0.1, 0.15) is 52.9 Å². The van der Waals surface area contributed by atoms with E-state index in [-0.39, 0.29) is 18.6 Å². The zero-order valence-corrected chi connectivity index (χ0v) is 13.5. The van der Waals surface area contributed by atoms with Crippen molar-refractivity contribution in [1.29, 1.82) is 0 Å². The third-order valence-corrected chi connectivity index (χ3v) is 3.79. The molecule has 7 heteroatoms. The fourth-order valence-corrected chi connectivity index (χ4v) is 2.10. The number of carboxylic acid groups (broad SMARTS) is 1. The number of unbranched alkanes of at least 4 members (excludes halogenated alkanes) is 1. The van der Waals surface area contributed by atoms with E-state index in [4.69, 9.17) is 9.84 Å². The van der Waals surface area contributed by atoms with Crippen molar-refractivity contribution >= 4 is 18.0 Å². The topological polar surface area (TPSA) is 105 Å². The molecule has 0 aliphatic heterocycles.